The van der Waals surface area contributed by atoms with Crippen LogP contribution in [-0.2, 0) is 28.9 Å². The highest BCUT2D eigenvalue weighted by molar-refractivity contribution is 5.77. The molecule has 0 saturated carbocycles. The summed E-state index contributed by atoms with van der Waals surface area (Å²) in [6.45, 7) is 0. The van der Waals surface area contributed by atoms with Gasteiger partial charge in [0.1, 0.15) is 6.29 Å². The number of hydrogen-bond donors (Lipinski definition) is 1. The zero-order valence-electron chi connectivity index (χ0n) is 14.9. The lowest BCUT2D eigenvalue weighted by atomic mass is 9.73. The van der Waals surface area contributed by atoms with E-state index >= 15 is 0 Å². The number of aliphatic carboxylic acids is 1. The van der Waals surface area contributed by atoms with Gasteiger partial charge in [-0.3, -0.25) is 4.79 Å². The summed E-state index contributed by atoms with van der Waals surface area (Å²) in [5, 5.41) is 9.54. The van der Waals surface area contributed by atoms with Gasteiger partial charge in [-0.05, 0) is 72.3 Å². The summed E-state index contributed by atoms with van der Waals surface area (Å²) in [6, 6.07) is 14.6. The first-order chi connectivity index (χ1) is 12.7. The minimum Gasteiger partial charge on any atom is -0.481 e. The molecule has 0 amide bonds. The van der Waals surface area contributed by atoms with Crippen LogP contribution >= 0.6 is 0 Å². The van der Waals surface area contributed by atoms with E-state index in [0.717, 1.165) is 55.9 Å². The Hall–Kier alpha value is -2.42. The predicted octanol–water partition coefficient (Wildman–Crippen LogP) is 4.28. The average molecular weight is 348 g/mol. The van der Waals surface area contributed by atoms with Crippen molar-refractivity contribution in [3.05, 3.63) is 70.3 Å². The minimum absolute atomic E-state index is 0.0637. The number of carboxylic acids is 1. The third-order valence-corrected chi connectivity index (χ3v) is 6.17. The fourth-order valence-electron chi connectivity index (χ4n) is 4.81. The third-order valence-electron chi connectivity index (χ3n) is 6.17. The smallest absolute Gasteiger partial charge is 0.310 e. The number of rotatable bonds is 4. The van der Waals surface area contributed by atoms with Crippen LogP contribution in [0.15, 0.2) is 42.5 Å². The van der Waals surface area contributed by atoms with E-state index < -0.39 is 5.97 Å². The first-order valence-corrected chi connectivity index (χ1v) is 9.55. The molecule has 134 valence electrons. The molecule has 0 radical (unpaired) electrons. The molecule has 3 nitrogen and oxygen atoms in total. The highest BCUT2D eigenvalue weighted by Crippen LogP contribution is 2.38. The van der Waals surface area contributed by atoms with Crippen LogP contribution in [0.5, 0.6) is 0 Å². The highest BCUT2D eigenvalue weighted by Gasteiger charge is 2.30. The van der Waals surface area contributed by atoms with Crippen LogP contribution < -0.4 is 0 Å². The van der Waals surface area contributed by atoms with Gasteiger partial charge in [-0.1, -0.05) is 42.5 Å². The molecule has 0 spiro atoms. The van der Waals surface area contributed by atoms with Crippen LogP contribution in [0, 0.1) is 5.92 Å². The van der Waals surface area contributed by atoms with Crippen LogP contribution in [0.25, 0.3) is 0 Å². The molecule has 3 atom stereocenters. The van der Waals surface area contributed by atoms with Crippen molar-refractivity contribution in [1.82, 2.24) is 0 Å². The van der Waals surface area contributed by atoms with Gasteiger partial charge in [0.15, 0.2) is 0 Å². The Bertz CT molecular complexity index is 839. The standard InChI is InChI=1S/C23H24O3/c24-14-22-18(11-10-16-4-1-2-6-19(16)22)12-15-8-9-17-5-3-7-20(23(25)26)21(17)13-15/h1-2,4,6,8-9,13-14,18,20,22H,3,5,7,10-12H2,(H,25,26). The maximum absolute atomic E-state index is 11.8. The Morgan fingerprint density at radius 3 is 2.65 bits per heavy atom. The van der Waals surface area contributed by atoms with Crippen LogP contribution in [-0.4, -0.2) is 17.4 Å². The van der Waals surface area contributed by atoms with Crippen molar-refractivity contribution in [2.45, 2.75) is 50.4 Å². The number of hydrogen-bond acceptors (Lipinski definition) is 2. The van der Waals surface area contributed by atoms with Crippen molar-refractivity contribution < 1.29 is 14.7 Å². The lowest BCUT2D eigenvalue weighted by Crippen LogP contribution is -2.24. The largest absolute Gasteiger partial charge is 0.481 e. The highest BCUT2D eigenvalue weighted by atomic mass is 16.4. The van der Waals surface area contributed by atoms with E-state index in [1.807, 2.05) is 12.1 Å². The zero-order chi connectivity index (χ0) is 18.1. The number of carboxylic acid groups (broad SMARTS) is 1. The van der Waals surface area contributed by atoms with Crippen molar-refractivity contribution in [3.63, 3.8) is 0 Å². The quantitative estimate of drug-likeness (QED) is 0.839. The number of aldehydes is 1. The molecule has 3 heteroatoms. The van der Waals surface area contributed by atoms with E-state index in [1.54, 1.807) is 0 Å². The molecule has 0 saturated heterocycles. The molecule has 0 aromatic heterocycles. The number of carbonyl (C=O) groups excluding carboxylic acids is 1. The van der Waals surface area contributed by atoms with E-state index in [1.165, 1.54) is 16.7 Å². The van der Waals surface area contributed by atoms with Crippen molar-refractivity contribution in [1.29, 1.82) is 0 Å². The summed E-state index contributed by atoms with van der Waals surface area (Å²) in [5.74, 6) is -0.883. The number of carbonyl (C=O) groups is 2. The lowest BCUT2D eigenvalue weighted by molar-refractivity contribution is -0.139. The van der Waals surface area contributed by atoms with Gasteiger partial charge in [0.25, 0.3) is 0 Å². The first-order valence-electron chi connectivity index (χ1n) is 9.55. The average Bonchev–Trinajstić information content (AvgIpc) is 2.67. The van der Waals surface area contributed by atoms with Gasteiger partial charge in [-0.25, -0.2) is 0 Å². The second-order valence-corrected chi connectivity index (χ2v) is 7.68. The molecular formula is C23H24O3. The van der Waals surface area contributed by atoms with Gasteiger partial charge in [-0.15, -0.1) is 0 Å². The Morgan fingerprint density at radius 1 is 1.04 bits per heavy atom. The summed E-state index contributed by atoms with van der Waals surface area (Å²) < 4.78 is 0. The predicted molar refractivity (Wildman–Crippen MR) is 101 cm³/mol. The maximum atomic E-state index is 11.8. The summed E-state index contributed by atoms with van der Waals surface area (Å²) in [7, 11) is 0. The molecule has 0 fully saturated rings. The van der Waals surface area contributed by atoms with Crippen molar-refractivity contribution in [2.75, 3.05) is 0 Å². The van der Waals surface area contributed by atoms with Crippen LogP contribution in [0.1, 0.15) is 58.9 Å². The fraction of sp³-hybridized carbons (Fsp3) is 0.391. The van der Waals surface area contributed by atoms with E-state index in [4.69, 9.17) is 0 Å². The summed E-state index contributed by atoms with van der Waals surface area (Å²) in [4.78, 5) is 23.4. The second kappa shape index (κ2) is 7.06. The molecule has 26 heavy (non-hydrogen) atoms. The number of aryl methyl sites for hydroxylation is 2. The molecule has 0 aliphatic heterocycles. The zero-order valence-corrected chi connectivity index (χ0v) is 14.9. The minimum atomic E-state index is -0.722. The Morgan fingerprint density at radius 2 is 1.85 bits per heavy atom. The molecular weight excluding hydrogens is 324 g/mol. The molecule has 0 bridgehead atoms. The molecule has 2 aromatic carbocycles. The van der Waals surface area contributed by atoms with Crippen LogP contribution in [0.4, 0.5) is 0 Å². The summed E-state index contributed by atoms with van der Waals surface area (Å²) >= 11 is 0. The fourth-order valence-corrected chi connectivity index (χ4v) is 4.81. The van der Waals surface area contributed by atoms with E-state index in [-0.39, 0.29) is 17.8 Å². The molecule has 2 aliphatic carbocycles. The molecule has 2 aromatic rings. The van der Waals surface area contributed by atoms with Gasteiger partial charge in [0, 0.05) is 5.92 Å². The van der Waals surface area contributed by atoms with Crippen LogP contribution in [0.2, 0.25) is 0 Å². The number of benzene rings is 2. The van der Waals surface area contributed by atoms with Crippen molar-refractivity contribution >= 4 is 12.3 Å². The summed E-state index contributed by atoms with van der Waals surface area (Å²) in [5.41, 5.74) is 5.78. The normalized spacial score (nSPS) is 24.4. The second-order valence-electron chi connectivity index (χ2n) is 7.68. The Kier molecular flexibility index (Phi) is 4.62. The molecule has 2 aliphatic rings. The first kappa shape index (κ1) is 17.0. The third kappa shape index (κ3) is 3.07. The topological polar surface area (TPSA) is 54.4 Å². The Balaban J connectivity index is 1.61. The Labute approximate surface area is 154 Å². The monoisotopic (exact) mass is 348 g/mol. The van der Waals surface area contributed by atoms with Gasteiger partial charge < -0.3 is 9.90 Å². The molecule has 3 unspecified atom stereocenters. The maximum Gasteiger partial charge on any atom is 0.310 e. The van der Waals surface area contributed by atoms with Gasteiger partial charge >= 0.3 is 5.97 Å². The van der Waals surface area contributed by atoms with Gasteiger partial charge in [0.05, 0.1) is 5.92 Å². The van der Waals surface area contributed by atoms with Crippen molar-refractivity contribution in [3.8, 4) is 0 Å². The SMILES string of the molecule is O=CC1c2ccccc2CCC1Cc1ccc2c(c1)C(C(=O)O)CCC2. The van der Waals surface area contributed by atoms with E-state index in [0.29, 0.717) is 0 Å². The van der Waals surface area contributed by atoms with E-state index in [9.17, 15) is 14.7 Å². The molecule has 0 heterocycles. The number of fused-ring (bicyclic) bond motifs is 2. The molecule has 4 rings (SSSR count). The van der Waals surface area contributed by atoms with E-state index in [2.05, 4.69) is 30.3 Å². The van der Waals surface area contributed by atoms with Gasteiger partial charge in [-0.2, -0.15) is 0 Å². The van der Waals surface area contributed by atoms with Gasteiger partial charge in [0.2, 0.25) is 0 Å². The van der Waals surface area contributed by atoms with Crippen LogP contribution in [0.3, 0.4) is 0 Å². The lowest BCUT2D eigenvalue weighted by Gasteiger charge is -2.31. The molecule has 1 N–H and O–H groups in total. The van der Waals surface area contributed by atoms with Crippen molar-refractivity contribution in [2.24, 2.45) is 5.92 Å². The summed E-state index contributed by atoms with van der Waals surface area (Å²) in [6.07, 6.45) is 6.56.